The Labute approximate surface area is 157 Å². The summed E-state index contributed by atoms with van der Waals surface area (Å²) < 4.78 is 6.36. The van der Waals surface area contributed by atoms with E-state index in [1.54, 1.807) is 11.1 Å². The van der Waals surface area contributed by atoms with Crippen molar-refractivity contribution in [3.05, 3.63) is 47.0 Å². The highest BCUT2D eigenvalue weighted by Gasteiger charge is 2.63. The standard InChI is InChI=1S/C24H30O2/c1-2-24(16-10-4-3-5-11-16)22-20-15-9-7-13-18(20)17-12-6-8-14-19(17)21(22)23(25)26-24/h3-5,10-11,19-22H,2,6-9,12-15H2,1H3/t19-,20+,21-,22+,24+/m0/s1. The number of hydrogen-bond donors (Lipinski definition) is 0. The Hall–Kier alpha value is -1.57. The second-order valence-electron chi connectivity index (χ2n) is 8.84. The molecule has 0 N–H and O–H groups in total. The van der Waals surface area contributed by atoms with Gasteiger partial charge in [-0.3, -0.25) is 4.79 Å². The molecule has 1 saturated heterocycles. The predicted octanol–water partition coefficient (Wildman–Crippen LogP) is 5.77. The van der Waals surface area contributed by atoms with E-state index in [-0.39, 0.29) is 11.9 Å². The quantitative estimate of drug-likeness (QED) is 0.500. The van der Waals surface area contributed by atoms with Crippen molar-refractivity contribution in [1.82, 2.24) is 0 Å². The van der Waals surface area contributed by atoms with E-state index >= 15 is 0 Å². The molecule has 0 bridgehead atoms. The van der Waals surface area contributed by atoms with Gasteiger partial charge in [-0.2, -0.15) is 0 Å². The zero-order valence-electron chi connectivity index (χ0n) is 15.9. The Morgan fingerprint density at radius 2 is 1.62 bits per heavy atom. The maximum Gasteiger partial charge on any atom is 0.310 e. The molecule has 2 heteroatoms. The van der Waals surface area contributed by atoms with E-state index < -0.39 is 5.60 Å². The molecule has 1 aromatic rings. The first-order valence-electron chi connectivity index (χ1n) is 10.8. The number of carbonyl (C=O) groups excluding carboxylic acids is 1. The number of hydrogen-bond acceptors (Lipinski definition) is 2. The highest BCUT2D eigenvalue weighted by molar-refractivity contribution is 5.78. The molecule has 3 aliphatic carbocycles. The molecule has 3 fully saturated rings. The molecule has 0 aromatic heterocycles. The molecule has 0 amide bonds. The van der Waals surface area contributed by atoms with Crippen LogP contribution in [0.15, 0.2) is 41.5 Å². The topological polar surface area (TPSA) is 26.3 Å². The summed E-state index contributed by atoms with van der Waals surface area (Å²) in [7, 11) is 0. The number of rotatable bonds is 2. The van der Waals surface area contributed by atoms with Crippen LogP contribution in [0.2, 0.25) is 0 Å². The highest BCUT2D eigenvalue weighted by Crippen LogP contribution is 2.62. The summed E-state index contributed by atoms with van der Waals surface area (Å²) in [5.74, 6) is 1.55. The van der Waals surface area contributed by atoms with Crippen LogP contribution in [0.1, 0.15) is 70.3 Å². The molecule has 4 aliphatic rings. The van der Waals surface area contributed by atoms with Gasteiger partial charge in [-0.15, -0.1) is 0 Å². The van der Waals surface area contributed by atoms with Crippen LogP contribution < -0.4 is 0 Å². The van der Waals surface area contributed by atoms with E-state index in [4.69, 9.17) is 4.74 Å². The van der Waals surface area contributed by atoms with Gasteiger partial charge >= 0.3 is 5.97 Å². The van der Waals surface area contributed by atoms with Crippen LogP contribution in [0.3, 0.4) is 0 Å². The Kier molecular flexibility index (Phi) is 3.99. The van der Waals surface area contributed by atoms with Crippen LogP contribution in [-0.4, -0.2) is 5.97 Å². The lowest BCUT2D eigenvalue weighted by molar-refractivity contribution is -0.153. The number of carbonyl (C=O) groups is 1. The molecule has 1 heterocycles. The maximum absolute atomic E-state index is 13.2. The smallest absolute Gasteiger partial charge is 0.310 e. The molecular formula is C24H30O2. The van der Waals surface area contributed by atoms with E-state index in [1.807, 2.05) is 0 Å². The zero-order chi connectivity index (χ0) is 17.7. The van der Waals surface area contributed by atoms with Gasteiger partial charge in [-0.05, 0) is 62.3 Å². The number of allylic oxidation sites excluding steroid dienone is 2. The van der Waals surface area contributed by atoms with Gasteiger partial charge in [-0.1, -0.05) is 61.2 Å². The molecule has 5 atom stereocenters. The van der Waals surface area contributed by atoms with Crippen molar-refractivity contribution in [2.75, 3.05) is 0 Å². The first-order chi connectivity index (χ1) is 12.8. The Morgan fingerprint density at radius 3 is 2.31 bits per heavy atom. The summed E-state index contributed by atoms with van der Waals surface area (Å²) in [6, 6.07) is 10.6. The van der Waals surface area contributed by atoms with Crippen molar-refractivity contribution in [3.63, 3.8) is 0 Å². The molecule has 0 spiro atoms. The molecule has 2 saturated carbocycles. The third-order valence-corrected chi connectivity index (χ3v) is 7.86. The monoisotopic (exact) mass is 350 g/mol. The maximum atomic E-state index is 13.2. The van der Waals surface area contributed by atoms with Crippen molar-refractivity contribution in [1.29, 1.82) is 0 Å². The van der Waals surface area contributed by atoms with Crippen molar-refractivity contribution >= 4 is 5.97 Å². The molecule has 26 heavy (non-hydrogen) atoms. The fraction of sp³-hybridized carbons (Fsp3) is 0.625. The average Bonchev–Trinajstić information content (AvgIpc) is 3.03. The largest absolute Gasteiger partial charge is 0.454 e. The molecule has 1 aliphatic heterocycles. The average molecular weight is 351 g/mol. The number of benzene rings is 1. The van der Waals surface area contributed by atoms with E-state index in [2.05, 4.69) is 37.3 Å². The summed E-state index contributed by atoms with van der Waals surface area (Å²) >= 11 is 0. The lowest BCUT2D eigenvalue weighted by atomic mass is 9.53. The molecule has 2 nitrogen and oxygen atoms in total. The van der Waals surface area contributed by atoms with Gasteiger partial charge in [-0.25, -0.2) is 0 Å². The normalized spacial score (nSPS) is 39.0. The summed E-state index contributed by atoms with van der Waals surface area (Å²) in [4.78, 5) is 13.2. The van der Waals surface area contributed by atoms with E-state index in [0.29, 0.717) is 17.8 Å². The van der Waals surface area contributed by atoms with Crippen LogP contribution in [-0.2, 0) is 15.1 Å². The van der Waals surface area contributed by atoms with Crippen molar-refractivity contribution in [3.8, 4) is 0 Å². The summed E-state index contributed by atoms with van der Waals surface area (Å²) in [5, 5.41) is 0. The number of ether oxygens (including phenoxy) is 1. The Morgan fingerprint density at radius 1 is 0.962 bits per heavy atom. The number of cyclic esters (lactones) is 1. The summed E-state index contributed by atoms with van der Waals surface area (Å²) in [6.45, 7) is 2.21. The minimum Gasteiger partial charge on any atom is -0.454 e. The van der Waals surface area contributed by atoms with E-state index in [1.165, 1.54) is 56.9 Å². The minimum atomic E-state index is -0.417. The van der Waals surface area contributed by atoms with Crippen LogP contribution in [0.25, 0.3) is 0 Å². The molecule has 0 radical (unpaired) electrons. The van der Waals surface area contributed by atoms with Gasteiger partial charge in [0.15, 0.2) is 0 Å². The van der Waals surface area contributed by atoms with Gasteiger partial charge < -0.3 is 4.74 Å². The van der Waals surface area contributed by atoms with Crippen molar-refractivity contribution < 1.29 is 9.53 Å². The molecule has 5 rings (SSSR count). The van der Waals surface area contributed by atoms with Gasteiger partial charge in [0, 0.05) is 5.92 Å². The van der Waals surface area contributed by atoms with Gasteiger partial charge in [0.2, 0.25) is 0 Å². The molecule has 138 valence electrons. The van der Waals surface area contributed by atoms with Gasteiger partial charge in [0.1, 0.15) is 5.60 Å². The fourth-order valence-electron chi connectivity index (χ4n) is 6.89. The third kappa shape index (κ3) is 2.20. The van der Waals surface area contributed by atoms with Gasteiger partial charge in [0.05, 0.1) is 5.92 Å². The first kappa shape index (κ1) is 16.6. The van der Waals surface area contributed by atoms with Crippen molar-refractivity contribution in [2.24, 2.45) is 23.7 Å². The zero-order valence-corrected chi connectivity index (χ0v) is 15.9. The fourth-order valence-corrected chi connectivity index (χ4v) is 6.89. The molecule has 0 unspecified atom stereocenters. The predicted molar refractivity (Wildman–Crippen MR) is 102 cm³/mol. The molecular weight excluding hydrogens is 320 g/mol. The van der Waals surface area contributed by atoms with Crippen LogP contribution in [0, 0.1) is 23.7 Å². The lowest BCUT2D eigenvalue weighted by Gasteiger charge is -2.49. The number of fused-ring (bicyclic) bond motifs is 5. The van der Waals surface area contributed by atoms with Crippen LogP contribution in [0.4, 0.5) is 0 Å². The Bertz CT molecular complexity index is 734. The van der Waals surface area contributed by atoms with E-state index in [9.17, 15) is 4.79 Å². The summed E-state index contributed by atoms with van der Waals surface area (Å²) in [6.07, 6.45) is 11.0. The second-order valence-corrected chi connectivity index (χ2v) is 8.84. The van der Waals surface area contributed by atoms with Crippen LogP contribution in [0.5, 0.6) is 0 Å². The molecule has 1 aromatic carbocycles. The second kappa shape index (κ2) is 6.25. The minimum absolute atomic E-state index is 0.0923. The van der Waals surface area contributed by atoms with E-state index in [0.717, 1.165) is 6.42 Å². The SMILES string of the molecule is CC[C@]1(c2ccccc2)OC(=O)[C@@H]2[C@H]1[C@@H]1CCCCC1=C1CCCC[C@@H]12. The summed E-state index contributed by atoms with van der Waals surface area (Å²) in [5.41, 5.74) is 4.22. The Balaban J connectivity index is 1.68. The highest BCUT2D eigenvalue weighted by atomic mass is 16.6. The van der Waals surface area contributed by atoms with Crippen molar-refractivity contribution in [2.45, 2.75) is 70.3 Å². The first-order valence-corrected chi connectivity index (χ1v) is 10.8. The number of esters is 1. The van der Waals surface area contributed by atoms with Gasteiger partial charge in [0.25, 0.3) is 0 Å². The lowest BCUT2D eigenvalue weighted by Crippen LogP contribution is -2.46. The third-order valence-electron chi connectivity index (χ3n) is 7.86. The van der Waals surface area contributed by atoms with Crippen LogP contribution >= 0.6 is 0 Å².